The van der Waals surface area contributed by atoms with E-state index in [1.165, 1.54) is 38.3 Å². The molecule has 0 saturated carbocycles. The fourth-order valence-electron chi connectivity index (χ4n) is 2.31. The Labute approximate surface area is 173 Å². The van der Waals surface area contributed by atoms with Gasteiger partial charge in [0.05, 0.1) is 17.7 Å². The fourth-order valence-corrected chi connectivity index (χ4v) is 3.43. The third kappa shape index (κ3) is 5.85. The summed E-state index contributed by atoms with van der Waals surface area (Å²) in [4.78, 5) is 34.6. The van der Waals surface area contributed by atoms with Crippen LogP contribution in [0.25, 0.3) is 0 Å². The van der Waals surface area contributed by atoms with Crippen molar-refractivity contribution in [2.45, 2.75) is 17.9 Å². The van der Waals surface area contributed by atoms with Gasteiger partial charge in [-0.3, -0.25) is 25.2 Å². The van der Waals surface area contributed by atoms with Gasteiger partial charge < -0.3 is 15.8 Å². The molecule has 0 aromatic heterocycles. The summed E-state index contributed by atoms with van der Waals surface area (Å²) in [6.07, 6.45) is 0. The lowest BCUT2D eigenvalue weighted by molar-refractivity contribution is -0.123. The van der Waals surface area contributed by atoms with Crippen LogP contribution in [-0.4, -0.2) is 39.4 Å². The summed E-state index contributed by atoms with van der Waals surface area (Å²) in [6, 6.07) is 9.78. The molecule has 2 aromatic carbocycles. The second-order valence-corrected chi connectivity index (χ2v) is 7.69. The van der Waals surface area contributed by atoms with Gasteiger partial charge in [0.2, 0.25) is 0 Å². The summed E-state index contributed by atoms with van der Waals surface area (Å²) in [6.45, 7) is 1.36. The van der Waals surface area contributed by atoms with E-state index in [1.54, 1.807) is 18.2 Å². The van der Waals surface area contributed by atoms with Gasteiger partial charge in [-0.2, -0.15) is 0 Å². The van der Waals surface area contributed by atoms with E-state index in [4.69, 9.17) is 10.5 Å². The lowest BCUT2D eigenvalue weighted by Crippen LogP contribution is -2.52. The number of carbonyl (C=O) groups excluding carboxylic acids is 3. The maximum atomic E-state index is 12.7. The number of methoxy groups -OCH3 is 1. The smallest absolute Gasteiger partial charge is 0.312 e. The second-order valence-electron chi connectivity index (χ2n) is 6.01. The summed E-state index contributed by atoms with van der Waals surface area (Å²) >= 11 is 0. The molecular weight excluding hydrogens is 414 g/mol. The molecule has 0 saturated heterocycles. The minimum absolute atomic E-state index is 0.0197. The van der Waals surface area contributed by atoms with Crippen molar-refractivity contribution < 1.29 is 27.5 Å². The molecule has 11 nitrogen and oxygen atoms in total. The Morgan fingerprint density at radius 3 is 2.40 bits per heavy atom. The molecule has 0 fully saturated rings. The maximum absolute atomic E-state index is 12.7. The van der Waals surface area contributed by atoms with Crippen LogP contribution < -0.4 is 31.4 Å². The summed E-state index contributed by atoms with van der Waals surface area (Å²) in [5, 5.41) is 2.15. The minimum Gasteiger partial charge on any atom is -0.495 e. The average Bonchev–Trinajstić information content (AvgIpc) is 2.71. The number of hydrogen-bond acceptors (Lipinski definition) is 6. The first kappa shape index (κ1) is 22.5. The number of amides is 4. The molecule has 0 unspecified atom stereocenters. The van der Waals surface area contributed by atoms with Crippen molar-refractivity contribution in [1.29, 1.82) is 0 Å². The number of sulfonamides is 1. The van der Waals surface area contributed by atoms with E-state index in [-0.39, 0.29) is 16.1 Å². The van der Waals surface area contributed by atoms with Gasteiger partial charge in [0.1, 0.15) is 11.8 Å². The highest BCUT2D eigenvalue weighted by atomic mass is 32.2. The quantitative estimate of drug-likeness (QED) is 0.392. The molecular formula is C18H21N5O6S. The van der Waals surface area contributed by atoms with Crippen molar-refractivity contribution in [2.75, 3.05) is 11.8 Å². The zero-order valence-electron chi connectivity index (χ0n) is 16.1. The molecule has 0 aliphatic heterocycles. The zero-order valence-corrected chi connectivity index (χ0v) is 16.9. The molecule has 0 heterocycles. The number of urea groups is 1. The van der Waals surface area contributed by atoms with Crippen molar-refractivity contribution in [3.8, 4) is 5.75 Å². The van der Waals surface area contributed by atoms with E-state index < -0.39 is 33.9 Å². The van der Waals surface area contributed by atoms with E-state index in [0.29, 0.717) is 5.75 Å². The molecule has 2 aromatic rings. The Balaban J connectivity index is 2.12. The van der Waals surface area contributed by atoms with E-state index in [1.807, 2.05) is 0 Å². The summed E-state index contributed by atoms with van der Waals surface area (Å²) in [7, 11) is -2.61. The number of para-hydroxylation sites is 2. The van der Waals surface area contributed by atoms with Crippen LogP contribution in [0.3, 0.4) is 0 Å². The Kier molecular flexibility index (Phi) is 7.20. The van der Waals surface area contributed by atoms with Crippen molar-refractivity contribution in [3.63, 3.8) is 0 Å². The predicted octanol–water partition coefficient (Wildman–Crippen LogP) is 0.314. The molecule has 30 heavy (non-hydrogen) atoms. The van der Waals surface area contributed by atoms with Gasteiger partial charge >= 0.3 is 6.03 Å². The van der Waals surface area contributed by atoms with Gasteiger partial charge in [-0.1, -0.05) is 18.2 Å². The number of ether oxygens (including phenoxy) is 1. The number of primary amides is 1. The predicted molar refractivity (Wildman–Crippen MR) is 108 cm³/mol. The van der Waals surface area contributed by atoms with Gasteiger partial charge in [-0.15, -0.1) is 0 Å². The molecule has 0 aliphatic rings. The molecule has 0 bridgehead atoms. The average molecular weight is 435 g/mol. The van der Waals surface area contributed by atoms with Crippen LogP contribution in [0, 0.1) is 0 Å². The Morgan fingerprint density at radius 2 is 1.73 bits per heavy atom. The largest absolute Gasteiger partial charge is 0.495 e. The summed E-state index contributed by atoms with van der Waals surface area (Å²) < 4.78 is 32.9. The van der Waals surface area contributed by atoms with E-state index in [9.17, 15) is 22.8 Å². The first-order valence-corrected chi connectivity index (χ1v) is 10.0. The summed E-state index contributed by atoms with van der Waals surface area (Å²) in [5.74, 6) is -1.15. The molecule has 0 spiro atoms. The van der Waals surface area contributed by atoms with Crippen LogP contribution in [0.1, 0.15) is 17.3 Å². The molecule has 1 atom stereocenters. The molecule has 4 amide bonds. The zero-order chi connectivity index (χ0) is 22.3. The lowest BCUT2D eigenvalue weighted by Gasteiger charge is -2.14. The minimum atomic E-state index is -4.02. The fraction of sp³-hybridized carbons (Fsp3) is 0.167. The molecule has 0 radical (unpaired) electrons. The number of hydrogen-bond donors (Lipinski definition) is 5. The maximum Gasteiger partial charge on any atom is 0.312 e. The summed E-state index contributed by atoms with van der Waals surface area (Å²) in [5.41, 5.74) is 9.38. The number of benzene rings is 2. The number of rotatable bonds is 7. The number of anilines is 1. The molecule has 6 N–H and O–H groups in total. The first-order chi connectivity index (χ1) is 14.1. The van der Waals surface area contributed by atoms with Crippen LogP contribution >= 0.6 is 0 Å². The van der Waals surface area contributed by atoms with Gasteiger partial charge in [0.15, 0.2) is 0 Å². The lowest BCUT2D eigenvalue weighted by atomic mass is 10.2. The van der Waals surface area contributed by atoms with Crippen molar-refractivity contribution in [1.82, 2.24) is 16.2 Å². The van der Waals surface area contributed by atoms with Gasteiger partial charge in [-0.05, 0) is 37.3 Å². The Bertz CT molecular complexity index is 1060. The standard InChI is InChI=1S/C18H21N5O6S/c1-11(20-18(19)26)16(24)21-22-17(25)12-6-5-7-13(10-12)30(27,28)23-14-8-3-4-9-15(14)29-2/h3-11,23H,1-2H3,(H,21,24)(H,22,25)(H3,19,20,26)/t11-/m0/s1. The van der Waals surface area contributed by atoms with Crippen LogP contribution in [0.5, 0.6) is 5.75 Å². The second kappa shape index (κ2) is 9.60. The van der Waals surface area contributed by atoms with E-state index in [0.717, 1.165) is 6.07 Å². The highest BCUT2D eigenvalue weighted by Gasteiger charge is 2.19. The monoisotopic (exact) mass is 435 g/mol. The number of carbonyl (C=O) groups is 3. The molecule has 12 heteroatoms. The number of hydrazine groups is 1. The Morgan fingerprint density at radius 1 is 1.03 bits per heavy atom. The van der Waals surface area contributed by atoms with Crippen molar-refractivity contribution >= 4 is 33.6 Å². The van der Waals surface area contributed by atoms with Gasteiger partial charge in [0, 0.05) is 5.56 Å². The number of nitrogens with one attached hydrogen (secondary N) is 4. The Hall–Kier alpha value is -3.80. The molecule has 160 valence electrons. The third-order valence-corrected chi connectivity index (χ3v) is 5.17. The van der Waals surface area contributed by atoms with Crippen molar-refractivity contribution in [3.05, 3.63) is 54.1 Å². The van der Waals surface area contributed by atoms with Gasteiger partial charge in [-0.25, -0.2) is 13.2 Å². The SMILES string of the molecule is COc1ccccc1NS(=O)(=O)c1cccc(C(=O)NNC(=O)[C@H](C)NC(N)=O)c1. The first-order valence-electron chi connectivity index (χ1n) is 8.56. The van der Waals surface area contributed by atoms with Crippen LogP contribution in [0.4, 0.5) is 10.5 Å². The highest BCUT2D eigenvalue weighted by Crippen LogP contribution is 2.26. The van der Waals surface area contributed by atoms with Crippen LogP contribution in [-0.2, 0) is 14.8 Å². The highest BCUT2D eigenvalue weighted by molar-refractivity contribution is 7.92. The number of nitrogens with two attached hydrogens (primary N) is 1. The normalized spacial score (nSPS) is 11.7. The molecule has 0 aliphatic carbocycles. The molecule has 2 rings (SSSR count). The van der Waals surface area contributed by atoms with E-state index >= 15 is 0 Å². The van der Waals surface area contributed by atoms with Gasteiger partial charge in [0.25, 0.3) is 21.8 Å². The topological polar surface area (TPSA) is 169 Å². The van der Waals surface area contributed by atoms with Crippen molar-refractivity contribution in [2.24, 2.45) is 5.73 Å². The third-order valence-electron chi connectivity index (χ3n) is 3.81. The van der Waals surface area contributed by atoms with Crippen LogP contribution in [0.2, 0.25) is 0 Å². The van der Waals surface area contributed by atoms with Crippen LogP contribution in [0.15, 0.2) is 53.4 Å². The van der Waals surface area contributed by atoms with E-state index in [2.05, 4.69) is 20.9 Å².